The maximum atomic E-state index is 15.2. The summed E-state index contributed by atoms with van der Waals surface area (Å²) in [6.45, 7) is 7.15. The first kappa shape index (κ1) is 37.9. The normalized spacial score (nSPS) is 17.8. The van der Waals surface area contributed by atoms with Crippen molar-refractivity contribution >= 4 is 23.6 Å². The molecule has 0 spiro atoms. The monoisotopic (exact) mass is 691 g/mol. The van der Waals surface area contributed by atoms with Crippen LogP contribution in [0.5, 0.6) is 0 Å². The van der Waals surface area contributed by atoms with Gasteiger partial charge in [0.25, 0.3) is 5.91 Å². The van der Waals surface area contributed by atoms with Crippen molar-refractivity contribution in [1.82, 2.24) is 30.0 Å². The number of imidazole rings is 1. The van der Waals surface area contributed by atoms with Crippen LogP contribution in [-0.4, -0.2) is 88.3 Å². The van der Waals surface area contributed by atoms with E-state index in [9.17, 15) is 19.1 Å². The van der Waals surface area contributed by atoms with Crippen LogP contribution in [0.3, 0.4) is 0 Å². The third-order valence-corrected chi connectivity index (χ3v) is 8.52. The number of ether oxygens (including phenoxy) is 1. The average Bonchev–Trinajstić information content (AvgIpc) is 3.24. The largest absolute Gasteiger partial charge is 0.485 e. The van der Waals surface area contributed by atoms with Crippen molar-refractivity contribution in [3.05, 3.63) is 88.6 Å². The Morgan fingerprint density at radius 1 is 1.20 bits per heavy atom. The van der Waals surface area contributed by atoms with Crippen LogP contribution in [0.15, 0.2) is 77.0 Å². The van der Waals surface area contributed by atoms with Crippen molar-refractivity contribution in [3.63, 3.8) is 0 Å². The van der Waals surface area contributed by atoms with Gasteiger partial charge in [0.2, 0.25) is 5.91 Å². The van der Waals surface area contributed by atoms with Crippen molar-refractivity contribution in [1.29, 1.82) is 0 Å². The second kappa shape index (κ2) is 18.7. The number of aliphatic hydroxyl groups excluding tert-OH is 1. The van der Waals surface area contributed by atoms with Crippen LogP contribution in [0.2, 0.25) is 0 Å². The first-order chi connectivity index (χ1) is 24.2. The molecule has 0 unspecified atom stereocenters. The zero-order valence-electron chi connectivity index (χ0n) is 28.8. The van der Waals surface area contributed by atoms with Gasteiger partial charge >= 0.3 is 0 Å². The number of aromatic nitrogens is 2. The highest BCUT2D eigenvalue weighted by molar-refractivity contribution is 5.97. The number of carbonyl (C=O) groups is 2. The number of rotatable bonds is 14. The molecule has 1 aromatic rings. The Bertz CT molecular complexity index is 1660. The number of halogens is 2. The van der Waals surface area contributed by atoms with E-state index in [1.165, 1.54) is 30.7 Å². The summed E-state index contributed by atoms with van der Waals surface area (Å²) >= 11 is 0. The molecule has 268 valence electrons. The van der Waals surface area contributed by atoms with Gasteiger partial charge in [-0.3, -0.25) is 9.59 Å². The fourth-order valence-corrected chi connectivity index (χ4v) is 5.81. The van der Waals surface area contributed by atoms with Crippen molar-refractivity contribution in [3.8, 4) is 12.3 Å². The minimum atomic E-state index is -1.03. The van der Waals surface area contributed by atoms with Crippen LogP contribution in [0.4, 0.5) is 8.78 Å². The zero-order valence-corrected chi connectivity index (χ0v) is 28.8. The Kier molecular flexibility index (Phi) is 14.2. The van der Waals surface area contributed by atoms with Gasteiger partial charge in [0.15, 0.2) is 5.83 Å². The molecule has 50 heavy (non-hydrogen) atoms. The lowest BCUT2D eigenvalue weighted by Gasteiger charge is -2.24. The van der Waals surface area contributed by atoms with E-state index in [1.807, 2.05) is 26.0 Å². The van der Waals surface area contributed by atoms with Gasteiger partial charge in [0, 0.05) is 62.0 Å². The molecule has 4 rings (SSSR count). The van der Waals surface area contributed by atoms with E-state index in [-0.39, 0.29) is 49.1 Å². The number of aliphatic hydroxyl groups is 1. The van der Waals surface area contributed by atoms with Gasteiger partial charge < -0.3 is 40.6 Å². The van der Waals surface area contributed by atoms with Crippen molar-refractivity contribution in [2.75, 3.05) is 45.9 Å². The number of nitrogens with one attached hydrogen (secondary N) is 2. The summed E-state index contributed by atoms with van der Waals surface area (Å²) in [6, 6.07) is 0. The summed E-state index contributed by atoms with van der Waals surface area (Å²) in [5.74, 6) is 0.780. The maximum absolute atomic E-state index is 15.2. The molecule has 1 fully saturated rings. The molecule has 1 aliphatic heterocycles. The van der Waals surface area contributed by atoms with E-state index in [2.05, 4.69) is 21.5 Å². The molecule has 0 radical (unpaired) electrons. The molecule has 2 heterocycles. The quantitative estimate of drug-likeness (QED) is 0.171. The fourth-order valence-electron chi connectivity index (χ4n) is 5.81. The number of nitrogens with two attached hydrogens (primary N) is 1. The second-order valence-electron chi connectivity index (χ2n) is 12.2. The highest BCUT2D eigenvalue weighted by Gasteiger charge is 2.26. The molecule has 1 saturated heterocycles. The van der Waals surface area contributed by atoms with Crippen LogP contribution < -0.4 is 16.4 Å². The summed E-state index contributed by atoms with van der Waals surface area (Å²) in [4.78, 5) is 34.5. The molecule has 2 aliphatic carbocycles. The van der Waals surface area contributed by atoms with Crippen LogP contribution in [0.25, 0.3) is 11.8 Å². The molecular weight excluding hydrogens is 644 g/mol. The third-order valence-electron chi connectivity index (χ3n) is 8.52. The third kappa shape index (κ3) is 10.1. The molecule has 0 bridgehead atoms. The standard InChI is InChI=1S/C37H47F2N7O4/c1-4-14-41-23-28(47)21-35(48)44-15-6-16-45(19-18-44)37(49)30-11-9-27(8-7-26(30)3)42-25-34-43-24-33(46(34)17-13-40)31-12-10-29(50-20-5-2)22-32(38)36(31)39/h2,8-13,17,24,28,41-42,47H,4,6-7,14-16,18-23,25,40H2,1,3H3/b17-13-/t28-/m1/s1. The Morgan fingerprint density at radius 2 is 1.98 bits per heavy atom. The molecular formula is C37H47F2N7O4. The Labute approximate surface area is 292 Å². The highest BCUT2D eigenvalue weighted by atomic mass is 19.2. The van der Waals surface area contributed by atoms with E-state index < -0.39 is 17.8 Å². The van der Waals surface area contributed by atoms with Gasteiger partial charge in [-0.05, 0) is 57.0 Å². The molecule has 3 aliphatic rings. The van der Waals surface area contributed by atoms with E-state index in [1.54, 1.807) is 20.4 Å². The number of hydrogen-bond acceptors (Lipinski definition) is 8. The van der Waals surface area contributed by atoms with Gasteiger partial charge in [0.05, 0.1) is 37.4 Å². The predicted octanol–water partition coefficient (Wildman–Crippen LogP) is 3.80. The second-order valence-corrected chi connectivity index (χ2v) is 12.2. The van der Waals surface area contributed by atoms with Gasteiger partial charge in [0.1, 0.15) is 24.0 Å². The number of carbonyl (C=O) groups excluding carboxylic acids is 2. The van der Waals surface area contributed by atoms with Crippen LogP contribution >= 0.6 is 0 Å². The lowest BCUT2D eigenvalue weighted by molar-refractivity contribution is -0.133. The average molecular weight is 692 g/mol. The first-order valence-electron chi connectivity index (χ1n) is 16.9. The first-order valence-corrected chi connectivity index (χ1v) is 16.9. The topological polar surface area (TPSA) is 138 Å². The minimum absolute atomic E-state index is 0.0199. The van der Waals surface area contributed by atoms with Crippen molar-refractivity contribution < 1.29 is 28.2 Å². The minimum Gasteiger partial charge on any atom is -0.485 e. The molecule has 0 aromatic carbocycles. The van der Waals surface area contributed by atoms with E-state index in [0.29, 0.717) is 62.7 Å². The predicted molar refractivity (Wildman–Crippen MR) is 189 cm³/mol. The van der Waals surface area contributed by atoms with E-state index >= 15 is 4.39 Å². The number of amides is 2. The Balaban J connectivity index is 1.39. The van der Waals surface area contributed by atoms with E-state index in [4.69, 9.17) is 16.9 Å². The summed E-state index contributed by atoms with van der Waals surface area (Å²) in [5.41, 5.74) is 8.23. The molecule has 0 saturated carbocycles. The Hall–Kier alpha value is -4.93. The SMILES string of the molecule is C#CCOC1=CC=C(c2cnc(CNC3=CCC(C)=C(C(=O)N4CCCN(C(=O)C[C@@H](O)CNCCC)CC4)C=C3)n2/C=C\N)C(F)=C(F)C1. The summed E-state index contributed by atoms with van der Waals surface area (Å²) in [7, 11) is 0. The van der Waals surface area contributed by atoms with Gasteiger partial charge in [-0.15, -0.1) is 6.42 Å². The van der Waals surface area contributed by atoms with Crippen molar-refractivity contribution in [2.45, 2.75) is 58.6 Å². The zero-order chi connectivity index (χ0) is 36.0. The maximum Gasteiger partial charge on any atom is 0.253 e. The summed E-state index contributed by atoms with van der Waals surface area (Å²) in [6.07, 6.45) is 19.0. The fraction of sp³-hybridized carbons (Fsp3) is 0.432. The van der Waals surface area contributed by atoms with Gasteiger partial charge in [-0.2, -0.15) is 0 Å². The van der Waals surface area contributed by atoms with Gasteiger partial charge in [-0.1, -0.05) is 24.5 Å². The summed E-state index contributed by atoms with van der Waals surface area (Å²) in [5, 5.41) is 16.7. The Morgan fingerprint density at radius 3 is 2.74 bits per heavy atom. The molecule has 11 nitrogen and oxygen atoms in total. The van der Waals surface area contributed by atoms with Crippen molar-refractivity contribution in [2.24, 2.45) is 5.73 Å². The lowest BCUT2D eigenvalue weighted by Crippen LogP contribution is -2.40. The van der Waals surface area contributed by atoms with Crippen LogP contribution in [0.1, 0.15) is 57.5 Å². The highest BCUT2D eigenvalue weighted by Crippen LogP contribution is 2.34. The number of allylic oxidation sites excluding steroid dienone is 8. The number of terminal acetylenes is 1. The van der Waals surface area contributed by atoms with E-state index in [0.717, 1.165) is 24.2 Å². The molecule has 1 atom stereocenters. The molecule has 13 heteroatoms. The van der Waals surface area contributed by atoms with Crippen LogP contribution in [0, 0.1) is 12.3 Å². The summed E-state index contributed by atoms with van der Waals surface area (Å²) < 4.78 is 36.8. The molecule has 2 amide bonds. The number of hydrogen-bond donors (Lipinski definition) is 4. The lowest BCUT2D eigenvalue weighted by atomic mass is 10.1. The van der Waals surface area contributed by atoms with Gasteiger partial charge in [-0.25, -0.2) is 13.8 Å². The smallest absolute Gasteiger partial charge is 0.253 e. The molecule has 1 aromatic heterocycles. The van der Waals surface area contributed by atoms with Crippen LogP contribution in [-0.2, 0) is 20.9 Å². The molecule has 5 N–H and O–H groups in total. The number of nitrogens with zero attached hydrogens (tertiary/aromatic N) is 4.